The van der Waals surface area contributed by atoms with Gasteiger partial charge in [-0.05, 0) is 231 Å². The first kappa shape index (κ1) is 52.0. The van der Waals surface area contributed by atoms with E-state index in [2.05, 4.69) is 248 Å². The molecule has 360 valence electrons. The van der Waals surface area contributed by atoms with Crippen molar-refractivity contribution < 1.29 is 0 Å². The van der Waals surface area contributed by atoms with Gasteiger partial charge in [0, 0.05) is 110 Å². The van der Waals surface area contributed by atoms with E-state index < -0.39 is 8.30 Å². The van der Waals surface area contributed by atoms with Gasteiger partial charge in [-0.3, -0.25) is 0 Å². The summed E-state index contributed by atoms with van der Waals surface area (Å²) < 4.78 is 25.3. The molecule has 8 aromatic heterocycles. The van der Waals surface area contributed by atoms with Crippen LogP contribution in [0.25, 0.3) is 40.4 Å². The lowest BCUT2D eigenvalue weighted by Gasteiger charge is -2.17. The van der Waals surface area contributed by atoms with Crippen LogP contribution >= 0.6 is 186 Å². The van der Waals surface area contributed by atoms with Crippen LogP contribution in [-0.4, -0.2) is 12.3 Å². The van der Waals surface area contributed by atoms with Gasteiger partial charge in [-0.2, -0.15) is 0 Å². The fraction of sp³-hybridized carbons (Fsp3) is 0.259. The summed E-state index contributed by atoms with van der Waals surface area (Å²) >= 11 is 35.7. The van der Waals surface area contributed by atoms with E-state index in [1.807, 2.05) is 68.0 Å². The van der Waals surface area contributed by atoms with Crippen molar-refractivity contribution in [3.8, 4) is 29.3 Å². The molecule has 0 aliphatic heterocycles. The van der Waals surface area contributed by atoms with Gasteiger partial charge in [0.1, 0.15) is 0 Å². The Labute approximate surface area is 497 Å². The average molecular weight is 1450 g/mol. The molecule has 8 heterocycles. The van der Waals surface area contributed by atoms with E-state index in [0.29, 0.717) is 23.7 Å². The van der Waals surface area contributed by atoms with Crippen molar-refractivity contribution in [2.75, 3.05) is 0 Å². The molecule has 4 bridgehead atoms. The predicted octanol–water partition coefficient (Wildman–Crippen LogP) is 22.9. The molecule has 0 N–H and O–H groups in total. The molecule has 0 radical (unpaired) electrons. The molecule has 4 aliphatic rings. The number of allylic oxidation sites excluding steroid dienone is 8. The van der Waals surface area contributed by atoms with Crippen LogP contribution in [0.4, 0.5) is 0 Å². The van der Waals surface area contributed by atoms with Crippen LogP contribution in [0, 0.1) is 79.1 Å². The summed E-state index contributed by atoms with van der Waals surface area (Å²) in [6.45, 7) is 17.5. The first-order valence-electron chi connectivity index (χ1n) is 23.6. The van der Waals surface area contributed by atoms with Gasteiger partial charge in [0.15, 0.2) is 0 Å². The highest BCUT2D eigenvalue weighted by molar-refractivity contribution is 9.14. The van der Waals surface area contributed by atoms with Gasteiger partial charge < -0.3 is 0 Å². The first-order chi connectivity index (χ1) is 34.1. The Kier molecular flexibility index (Phi) is 18.8. The standard InChI is InChI=1S/C27H24S4.C10H9BrS2.C7H6Br2.C5H4Br2S.C5H5BrS.BH3/c1-14-5-9-22(28-14)24-12-20(16(3)30-24)26-18-7-8-19(11-18)27(26)21-13-25(31-17(21)4)23-10-6-15(2)29-23;1-6-3-4-9(12-6)10-5-8(11)7(2)13-10;8-6-4-1-2-5(3-4)7(6)9;1-3-4(6)2-5(7)8-3;1-4-2-3-5(6)7-4;/h5-10,12-13,18-19H,11H2,1-4H3;3-5H,1-2H3;1-2,4-5H,3H2;2H,1H3;2-3H,1H3;1H3/i;;;;;1T3. The summed E-state index contributed by atoms with van der Waals surface area (Å²) in [5.74, 6) is 2.50. The fourth-order valence-corrected chi connectivity index (χ4v) is 20.2. The number of hydrogen-bond acceptors (Lipinski definition) is 8. The van der Waals surface area contributed by atoms with Crippen LogP contribution in [-0.2, 0) is 0 Å². The van der Waals surface area contributed by atoms with Crippen LogP contribution in [0.1, 0.15) is 63.0 Å². The predicted molar refractivity (Wildman–Crippen MR) is 343 cm³/mol. The van der Waals surface area contributed by atoms with E-state index in [4.69, 9.17) is 4.01 Å². The molecular weight excluding hydrogens is 1400 g/mol. The minimum absolute atomic E-state index is 0.568. The third-order valence-corrected chi connectivity index (χ3v) is 26.4. The minimum atomic E-state index is -1.42. The SMILES string of the molecule is BrC1=C(Br)C2C=CC1C2.Cc1ccc(-c2cc(Br)c(C)s2)s1.Cc1ccc(-c2cc(C3=C(c4cc(-c5ccc(C)s5)sc4C)C4C=CC3C4)c(C)s2)s1.Cc1ccc(Br)s1.Cc1sc(Br)cc1Br.[3H]B([3H])[3H]. The largest absolute Gasteiger partial charge is 0.140 e. The van der Waals surface area contributed by atoms with Crippen LogP contribution in [0.5, 0.6) is 0 Å². The Hall–Kier alpha value is -0.495. The second-order valence-corrected chi connectivity index (χ2v) is 33.3. The molecule has 8 aromatic rings. The van der Waals surface area contributed by atoms with Gasteiger partial charge in [-0.25, -0.2) is 0 Å². The Morgan fingerprint density at radius 3 is 1.03 bits per heavy atom. The fourth-order valence-electron chi connectivity index (χ4n) is 8.50. The Bertz CT molecular complexity index is 3080. The van der Waals surface area contributed by atoms with Crippen LogP contribution < -0.4 is 0 Å². The third-order valence-electron chi connectivity index (χ3n) is 11.8. The van der Waals surface area contributed by atoms with E-state index in [0.717, 1.165) is 0 Å². The topological polar surface area (TPSA) is 0 Å². The summed E-state index contributed by atoms with van der Waals surface area (Å²) in [6.07, 6.45) is 12.0. The lowest BCUT2D eigenvalue weighted by molar-refractivity contribution is 0.726. The molecular formula is C54H51BBr6S8. The van der Waals surface area contributed by atoms with Crippen molar-refractivity contribution in [3.05, 3.63) is 173 Å². The molecule has 15 heteroatoms. The number of rotatable bonds is 5. The summed E-state index contributed by atoms with van der Waals surface area (Å²) in [7, 11) is -1.42. The van der Waals surface area contributed by atoms with E-state index in [1.165, 1.54) is 118 Å². The highest BCUT2D eigenvalue weighted by Crippen LogP contribution is 2.56. The summed E-state index contributed by atoms with van der Waals surface area (Å²) in [4.78, 5) is 19.4. The molecule has 0 aromatic carbocycles. The second kappa shape index (κ2) is 24.9. The second-order valence-electron chi connectivity index (χ2n) is 16.9. The zero-order valence-electron chi connectivity index (χ0n) is 42.1. The molecule has 4 unspecified atom stereocenters. The maximum atomic E-state index is 5.92. The molecule has 4 aliphatic carbocycles. The van der Waals surface area contributed by atoms with Gasteiger partial charge in [-0.1, -0.05) is 56.2 Å². The van der Waals surface area contributed by atoms with E-state index in [-0.39, 0.29) is 0 Å². The Morgan fingerprint density at radius 1 is 0.391 bits per heavy atom. The quantitative estimate of drug-likeness (QED) is 0.119. The van der Waals surface area contributed by atoms with Crippen LogP contribution in [0.15, 0.2) is 123 Å². The van der Waals surface area contributed by atoms with Crippen molar-refractivity contribution in [2.45, 2.75) is 68.2 Å². The van der Waals surface area contributed by atoms with E-state index in [1.54, 1.807) is 33.8 Å². The van der Waals surface area contributed by atoms with Gasteiger partial charge in [0.25, 0.3) is 0 Å². The molecule has 0 spiro atoms. The van der Waals surface area contributed by atoms with Crippen LogP contribution in [0.3, 0.4) is 0 Å². The molecule has 0 amide bonds. The first-order valence-corrected chi connectivity index (χ1v) is 33.2. The van der Waals surface area contributed by atoms with Crippen LogP contribution in [0.2, 0.25) is 0 Å². The smallest absolute Gasteiger partial charge is 0.0814 e. The zero-order valence-corrected chi connectivity index (χ0v) is 55.1. The molecule has 0 saturated heterocycles. The van der Waals surface area contributed by atoms with E-state index in [9.17, 15) is 0 Å². The number of hydrogen-bond donors (Lipinski definition) is 0. The zero-order chi connectivity index (χ0) is 52.1. The van der Waals surface area contributed by atoms with E-state index >= 15 is 0 Å². The van der Waals surface area contributed by atoms with Crippen molar-refractivity contribution >= 4 is 206 Å². The van der Waals surface area contributed by atoms with Crippen molar-refractivity contribution in [2.24, 2.45) is 23.7 Å². The number of fused-ring (bicyclic) bond motifs is 4. The number of thiophene rings is 8. The highest BCUT2D eigenvalue weighted by atomic mass is 79.9. The molecule has 69 heavy (non-hydrogen) atoms. The maximum Gasteiger partial charge on any atom is 0.0814 e. The monoisotopic (exact) mass is 1450 g/mol. The Balaban J connectivity index is 0.000000151. The number of halogens is 6. The third kappa shape index (κ3) is 13.7. The van der Waals surface area contributed by atoms with Crippen molar-refractivity contribution in [1.29, 1.82) is 4.01 Å². The van der Waals surface area contributed by atoms with Crippen molar-refractivity contribution in [1.82, 2.24) is 0 Å². The Morgan fingerprint density at radius 2 is 0.754 bits per heavy atom. The molecule has 4 atom stereocenters. The highest BCUT2D eigenvalue weighted by Gasteiger charge is 2.38. The van der Waals surface area contributed by atoms with Gasteiger partial charge in [0.05, 0.1) is 15.9 Å². The van der Waals surface area contributed by atoms with Crippen molar-refractivity contribution in [3.63, 3.8) is 0 Å². The maximum absolute atomic E-state index is 5.92. The summed E-state index contributed by atoms with van der Waals surface area (Å²) in [5.41, 5.74) is 6.15. The summed E-state index contributed by atoms with van der Waals surface area (Å²) in [6, 6.07) is 26.7. The minimum Gasteiger partial charge on any atom is -0.140 e. The molecule has 0 nitrogen and oxygen atoms in total. The summed E-state index contributed by atoms with van der Waals surface area (Å²) in [5, 5.41) is 0. The molecule has 0 saturated carbocycles. The lowest BCUT2D eigenvalue weighted by Crippen LogP contribution is -1.98. The lowest BCUT2D eigenvalue weighted by atomic mass is 9.87. The molecule has 0 fully saturated rings. The van der Waals surface area contributed by atoms with Gasteiger partial charge in [-0.15, -0.1) is 90.7 Å². The van der Waals surface area contributed by atoms with Gasteiger partial charge >= 0.3 is 0 Å². The normalized spacial score (nSPS) is 18.6. The number of aryl methyl sites for hydroxylation is 8. The molecule has 12 rings (SSSR count). The average Bonchev–Trinajstić information content (AvgIpc) is 4.15. The van der Waals surface area contributed by atoms with Gasteiger partial charge in [0.2, 0.25) is 0 Å².